The van der Waals surface area contributed by atoms with Gasteiger partial charge in [0, 0.05) is 5.57 Å². The third kappa shape index (κ3) is 4.49. The van der Waals surface area contributed by atoms with Crippen molar-refractivity contribution in [2.75, 3.05) is 0 Å². The van der Waals surface area contributed by atoms with E-state index in [9.17, 15) is 0 Å². The van der Waals surface area contributed by atoms with Gasteiger partial charge in [-0.25, -0.2) is 4.99 Å². The van der Waals surface area contributed by atoms with Crippen LogP contribution in [-0.4, -0.2) is 5.90 Å². The topological polar surface area (TPSA) is 30.8 Å². The number of aryl methyl sites for hydroxylation is 2. The molecule has 3 aromatic carbocycles. The zero-order chi connectivity index (χ0) is 19.2. The number of ether oxygens (including phenoxy) is 2. The Hall–Kier alpha value is -3.33. The van der Waals surface area contributed by atoms with E-state index in [0.29, 0.717) is 5.90 Å². The minimum Gasteiger partial charge on any atom is -0.465 e. The molecule has 0 spiro atoms. The molecule has 140 valence electrons. The summed E-state index contributed by atoms with van der Waals surface area (Å²) in [5.41, 5.74) is 4.47. The Balaban J connectivity index is 1.57. The molecule has 0 unspecified atom stereocenters. The van der Waals surface area contributed by atoms with Crippen LogP contribution in [0.3, 0.4) is 0 Å². The number of benzene rings is 3. The minimum absolute atomic E-state index is 0.513. The number of hydrogen-bond acceptors (Lipinski definition) is 3. The van der Waals surface area contributed by atoms with E-state index >= 15 is 0 Å². The Morgan fingerprint density at radius 3 is 2.32 bits per heavy atom. The zero-order valence-electron chi connectivity index (χ0n) is 16.0. The fourth-order valence-electron chi connectivity index (χ4n) is 3.24. The highest BCUT2D eigenvalue weighted by molar-refractivity contribution is 5.96. The molecule has 0 aliphatic heterocycles. The average molecular weight is 369 g/mol. The van der Waals surface area contributed by atoms with Crippen molar-refractivity contribution < 1.29 is 9.47 Å². The summed E-state index contributed by atoms with van der Waals surface area (Å²) in [5.74, 6) is 2.10. The molecule has 0 saturated carbocycles. The van der Waals surface area contributed by atoms with E-state index in [1.807, 2.05) is 73.7 Å². The second kappa shape index (κ2) is 8.57. The normalized spacial score (nSPS) is 13.9. The van der Waals surface area contributed by atoms with Crippen molar-refractivity contribution in [1.29, 1.82) is 0 Å². The molecule has 3 aromatic rings. The SMILES string of the molecule is CC(=COc1ccc2c(c1)CCC2)C(=Nc1ccccc1)Oc1ccccc1. The van der Waals surface area contributed by atoms with Crippen molar-refractivity contribution in [3.8, 4) is 11.5 Å². The third-order valence-electron chi connectivity index (χ3n) is 4.72. The molecule has 0 amide bonds. The summed E-state index contributed by atoms with van der Waals surface area (Å²) in [5, 5.41) is 0. The molecule has 0 radical (unpaired) electrons. The quantitative estimate of drug-likeness (QED) is 0.302. The first-order valence-electron chi connectivity index (χ1n) is 9.60. The van der Waals surface area contributed by atoms with Crippen LogP contribution >= 0.6 is 0 Å². The lowest BCUT2D eigenvalue weighted by molar-refractivity contribution is 0.473. The highest BCUT2D eigenvalue weighted by Crippen LogP contribution is 2.26. The van der Waals surface area contributed by atoms with Gasteiger partial charge in [0.05, 0.1) is 11.9 Å². The summed E-state index contributed by atoms with van der Waals surface area (Å²) in [6.07, 6.45) is 5.24. The molecule has 3 nitrogen and oxygen atoms in total. The molecule has 0 bridgehead atoms. The number of fused-ring (bicyclic) bond motifs is 1. The van der Waals surface area contributed by atoms with Crippen molar-refractivity contribution in [3.63, 3.8) is 0 Å². The van der Waals surface area contributed by atoms with Crippen molar-refractivity contribution in [3.05, 3.63) is 102 Å². The lowest BCUT2D eigenvalue weighted by atomic mass is 10.1. The lowest BCUT2D eigenvalue weighted by Gasteiger charge is -2.10. The first kappa shape index (κ1) is 18.1. The molecule has 0 atom stereocenters. The molecular weight excluding hydrogens is 346 g/mol. The predicted molar refractivity (Wildman–Crippen MR) is 113 cm³/mol. The Labute approximate surface area is 166 Å². The number of aliphatic imine (C=N–C) groups is 1. The fourth-order valence-corrected chi connectivity index (χ4v) is 3.24. The van der Waals surface area contributed by atoms with Gasteiger partial charge in [-0.1, -0.05) is 42.5 Å². The lowest BCUT2D eigenvalue weighted by Crippen LogP contribution is -2.10. The minimum atomic E-state index is 0.513. The van der Waals surface area contributed by atoms with Gasteiger partial charge in [-0.05, 0) is 73.7 Å². The Morgan fingerprint density at radius 1 is 0.821 bits per heavy atom. The monoisotopic (exact) mass is 369 g/mol. The van der Waals surface area contributed by atoms with E-state index in [0.717, 1.165) is 29.2 Å². The van der Waals surface area contributed by atoms with Crippen LogP contribution in [-0.2, 0) is 12.8 Å². The number of nitrogens with zero attached hydrogens (tertiary/aromatic N) is 1. The maximum atomic E-state index is 6.04. The first-order valence-corrected chi connectivity index (χ1v) is 9.60. The van der Waals surface area contributed by atoms with E-state index in [-0.39, 0.29) is 0 Å². The van der Waals surface area contributed by atoms with Crippen LogP contribution in [0.1, 0.15) is 24.5 Å². The van der Waals surface area contributed by atoms with Gasteiger partial charge in [-0.15, -0.1) is 0 Å². The van der Waals surface area contributed by atoms with Gasteiger partial charge in [0.1, 0.15) is 11.5 Å². The number of rotatable bonds is 5. The maximum Gasteiger partial charge on any atom is 0.225 e. The van der Waals surface area contributed by atoms with Crippen molar-refractivity contribution >= 4 is 11.6 Å². The van der Waals surface area contributed by atoms with Crippen molar-refractivity contribution in [1.82, 2.24) is 0 Å². The van der Waals surface area contributed by atoms with E-state index in [2.05, 4.69) is 17.1 Å². The number of para-hydroxylation sites is 2. The Kier molecular flexibility index (Phi) is 5.53. The number of hydrogen-bond donors (Lipinski definition) is 0. The Bertz CT molecular complexity index is 992. The van der Waals surface area contributed by atoms with E-state index in [1.54, 1.807) is 6.26 Å². The van der Waals surface area contributed by atoms with Gasteiger partial charge < -0.3 is 9.47 Å². The predicted octanol–water partition coefficient (Wildman–Crippen LogP) is 6.27. The van der Waals surface area contributed by atoms with E-state index in [1.165, 1.54) is 24.0 Å². The average Bonchev–Trinajstić information content (AvgIpc) is 3.21. The van der Waals surface area contributed by atoms with Crippen LogP contribution in [0.2, 0.25) is 0 Å². The second-order valence-electron chi connectivity index (χ2n) is 6.87. The summed E-state index contributed by atoms with van der Waals surface area (Å²) in [6.45, 7) is 1.94. The second-order valence-corrected chi connectivity index (χ2v) is 6.87. The van der Waals surface area contributed by atoms with Gasteiger partial charge in [0.25, 0.3) is 0 Å². The molecule has 0 N–H and O–H groups in total. The van der Waals surface area contributed by atoms with Gasteiger partial charge in [0.15, 0.2) is 0 Å². The van der Waals surface area contributed by atoms with Crippen LogP contribution in [0.4, 0.5) is 5.69 Å². The summed E-state index contributed by atoms with van der Waals surface area (Å²) in [6, 6.07) is 25.8. The Morgan fingerprint density at radius 2 is 1.54 bits per heavy atom. The van der Waals surface area contributed by atoms with E-state index in [4.69, 9.17) is 9.47 Å². The van der Waals surface area contributed by atoms with Crippen molar-refractivity contribution in [2.24, 2.45) is 4.99 Å². The van der Waals surface area contributed by atoms with E-state index < -0.39 is 0 Å². The zero-order valence-corrected chi connectivity index (χ0v) is 16.0. The highest BCUT2D eigenvalue weighted by atomic mass is 16.5. The van der Waals surface area contributed by atoms with Crippen LogP contribution in [0.15, 0.2) is 95.7 Å². The van der Waals surface area contributed by atoms with Crippen LogP contribution in [0.5, 0.6) is 11.5 Å². The molecule has 0 fully saturated rings. The molecular formula is C25H23NO2. The molecule has 28 heavy (non-hydrogen) atoms. The molecule has 4 rings (SSSR count). The fraction of sp³-hybridized carbons (Fsp3) is 0.160. The summed E-state index contributed by atoms with van der Waals surface area (Å²) in [7, 11) is 0. The summed E-state index contributed by atoms with van der Waals surface area (Å²) < 4.78 is 12.0. The van der Waals surface area contributed by atoms with Crippen LogP contribution < -0.4 is 9.47 Å². The third-order valence-corrected chi connectivity index (χ3v) is 4.72. The molecule has 3 heteroatoms. The maximum absolute atomic E-state index is 6.04. The molecule has 1 aliphatic carbocycles. The summed E-state index contributed by atoms with van der Waals surface area (Å²) >= 11 is 0. The van der Waals surface area contributed by atoms with Crippen LogP contribution in [0, 0.1) is 0 Å². The highest BCUT2D eigenvalue weighted by Gasteiger charge is 2.12. The molecule has 0 aromatic heterocycles. The van der Waals surface area contributed by atoms with Gasteiger partial charge in [0.2, 0.25) is 5.90 Å². The van der Waals surface area contributed by atoms with Gasteiger partial charge >= 0.3 is 0 Å². The first-order chi connectivity index (χ1) is 13.8. The standard InChI is InChI=1S/C25H23NO2/c1-19(18-27-24-16-15-20-9-8-10-21(20)17-24)25(26-22-11-4-2-5-12-22)28-23-13-6-3-7-14-23/h2-7,11-18H,8-10H2,1H3. The molecule has 1 aliphatic rings. The van der Waals surface area contributed by atoms with Gasteiger partial charge in [-0.2, -0.15) is 0 Å². The molecule has 0 heterocycles. The smallest absolute Gasteiger partial charge is 0.225 e. The molecule has 0 saturated heterocycles. The summed E-state index contributed by atoms with van der Waals surface area (Å²) in [4.78, 5) is 4.67. The van der Waals surface area contributed by atoms with Crippen LogP contribution in [0.25, 0.3) is 0 Å². The van der Waals surface area contributed by atoms with Gasteiger partial charge in [-0.3, -0.25) is 0 Å². The van der Waals surface area contributed by atoms with Crippen molar-refractivity contribution in [2.45, 2.75) is 26.2 Å². The largest absolute Gasteiger partial charge is 0.465 e.